The molecule has 3 aromatic rings. The van der Waals surface area contributed by atoms with E-state index >= 15 is 0 Å². The first-order chi connectivity index (χ1) is 12.9. The van der Waals surface area contributed by atoms with Gasteiger partial charge in [0.1, 0.15) is 11.4 Å². The zero-order valence-corrected chi connectivity index (χ0v) is 15.0. The third kappa shape index (κ3) is 3.51. The Balaban J connectivity index is 1.63. The first-order valence-corrected chi connectivity index (χ1v) is 9.79. The van der Waals surface area contributed by atoms with Crippen LogP contribution >= 0.6 is 0 Å². The molecule has 1 atom stereocenters. The first kappa shape index (κ1) is 17.8. The third-order valence-electron chi connectivity index (χ3n) is 4.50. The van der Waals surface area contributed by atoms with E-state index in [1.807, 2.05) is 0 Å². The number of fused-ring (bicyclic) bond motifs is 1. The van der Waals surface area contributed by atoms with Crippen LogP contribution in [0.1, 0.15) is 11.7 Å². The maximum Gasteiger partial charge on any atom is 0.336 e. The minimum atomic E-state index is -3.75. The predicted octanol–water partition coefficient (Wildman–Crippen LogP) is 2.69. The van der Waals surface area contributed by atoms with Crippen molar-refractivity contribution in [3.63, 3.8) is 0 Å². The van der Waals surface area contributed by atoms with E-state index in [1.54, 1.807) is 12.1 Å². The highest BCUT2D eigenvalue weighted by atomic mass is 32.2. The zero-order chi connectivity index (χ0) is 19.0. The number of hydrogen-bond acceptors (Lipinski definition) is 5. The van der Waals surface area contributed by atoms with Crippen LogP contribution in [0.25, 0.3) is 11.0 Å². The molecule has 2 aromatic carbocycles. The normalized spacial score (nSPS) is 18.6. The van der Waals surface area contributed by atoms with E-state index in [4.69, 9.17) is 9.15 Å². The Morgan fingerprint density at radius 1 is 1.04 bits per heavy atom. The van der Waals surface area contributed by atoms with Gasteiger partial charge in [0.15, 0.2) is 0 Å². The first-order valence-electron chi connectivity index (χ1n) is 8.35. The Labute approximate surface area is 154 Å². The van der Waals surface area contributed by atoms with Crippen LogP contribution in [0, 0.1) is 5.82 Å². The third-order valence-corrected chi connectivity index (χ3v) is 6.36. The molecule has 0 bridgehead atoms. The van der Waals surface area contributed by atoms with Crippen molar-refractivity contribution in [2.24, 2.45) is 0 Å². The number of benzene rings is 2. The standard InChI is InChI=1S/C19H16FNO5S/c20-15-4-1-13(2-5-15)18-12-21(9-10-25-18)27(23,24)16-6-7-17-14(11-16)3-8-19(22)26-17/h1-8,11,18H,9-10,12H2. The molecule has 0 radical (unpaired) electrons. The maximum atomic E-state index is 13.1. The summed E-state index contributed by atoms with van der Waals surface area (Å²) in [6.07, 6.45) is -0.465. The Bertz CT molecular complexity index is 1140. The van der Waals surface area contributed by atoms with Crippen molar-refractivity contribution in [3.05, 3.63) is 76.4 Å². The van der Waals surface area contributed by atoms with Gasteiger partial charge in [-0.2, -0.15) is 4.31 Å². The van der Waals surface area contributed by atoms with Crippen LogP contribution in [0.2, 0.25) is 0 Å². The molecule has 0 saturated carbocycles. The van der Waals surface area contributed by atoms with Crippen molar-refractivity contribution in [2.75, 3.05) is 19.7 Å². The number of morpholine rings is 1. The molecule has 2 heterocycles. The molecule has 1 unspecified atom stereocenters. The summed E-state index contributed by atoms with van der Waals surface area (Å²) < 4.78 is 51.3. The summed E-state index contributed by atoms with van der Waals surface area (Å²) >= 11 is 0. The molecule has 1 aliphatic heterocycles. The van der Waals surface area contributed by atoms with Gasteiger partial charge < -0.3 is 9.15 Å². The quantitative estimate of drug-likeness (QED) is 0.644. The van der Waals surface area contributed by atoms with Crippen LogP contribution in [-0.4, -0.2) is 32.4 Å². The minimum absolute atomic E-state index is 0.114. The molecule has 1 fully saturated rings. The van der Waals surface area contributed by atoms with E-state index in [1.165, 1.54) is 46.8 Å². The molecular formula is C19H16FNO5S. The van der Waals surface area contributed by atoms with Gasteiger partial charge in [-0.05, 0) is 42.0 Å². The Morgan fingerprint density at radius 2 is 1.81 bits per heavy atom. The van der Waals surface area contributed by atoms with E-state index in [0.717, 1.165) is 5.56 Å². The van der Waals surface area contributed by atoms with Crippen molar-refractivity contribution in [1.29, 1.82) is 0 Å². The Morgan fingerprint density at radius 3 is 2.59 bits per heavy atom. The fraction of sp³-hybridized carbons (Fsp3) is 0.211. The van der Waals surface area contributed by atoms with E-state index < -0.39 is 21.8 Å². The van der Waals surface area contributed by atoms with Gasteiger partial charge in [0.25, 0.3) is 0 Å². The smallest absolute Gasteiger partial charge is 0.336 e. The molecule has 27 heavy (non-hydrogen) atoms. The van der Waals surface area contributed by atoms with Crippen LogP contribution in [0.3, 0.4) is 0 Å². The number of rotatable bonds is 3. The Hall–Kier alpha value is -2.55. The van der Waals surface area contributed by atoms with E-state index in [-0.39, 0.29) is 30.4 Å². The fourth-order valence-electron chi connectivity index (χ4n) is 3.08. The van der Waals surface area contributed by atoms with Gasteiger partial charge in [-0.25, -0.2) is 17.6 Å². The molecule has 1 saturated heterocycles. The number of halogens is 1. The van der Waals surface area contributed by atoms with E-state index in [9.17, 15) is 17.6 Å². The zero-order valence-electron chi connectivity index (χ0n) is 14.2. The molecule has 6 nitrogen and oxygen atoms in total. The predicted molar refractivity (Wildman–Crippen MR) is 96.3 cm³/mol. The molecular weight excluding hydrogens is 373 g/mol. The van der Waals surface area contributed by atoms with Crippen molar-refractivity contribution in [1.82, 2.24) is 4.31 Å². The van der Waals surface area contributed by atoms with Gasteiger partial charge in [0.2, 0.25) is 10.0 Å². The van der Waals surface area contributed by atoms with E-state index in [2.05, 4.69) is 0 Å². The second-order valence-electron chi connectivity index (χ2n) is 6.23. The van der Waals surface area contributed by atoms with Crippen LogP contribution in [0.5, 0.6) is 0 Å². The second-order valence-corrected chi connectivity index (χ2v) is 8.17. The lowest BCUT2D eigenvalue weighted by Gasteiger charge is -2.32. The summed E-state index contributed by atoms with van der Waals surface area (Å²) in [7, 11) is -3.75. The molecule has 0 spiro atoms. The Kier molecular flexibility index (Phi) is 4.55. The summed E-state index contributed by atoms with van der Waals surface area (Å²) in [4.78, 5) is 11.4. The average molecular weight is 389 g/mol. The number of sulfonamides is 1. The molecule has 140 valence electrons. The van der Waals surface area contributed by atoms with Gasteiger partial charge in [0, 0.05) is 24.5 Å². The highest BCUT2D eigenvalue weighted by Crippen LogP contribution is 2.28. The van der Waals surface area contributed by atoms with Gasteiger partial charge in [-0.15, -0.1) is 0 Å². The summed E-state index contributed by atoms with van der Waals surface area (Å²) in [6.45, 7) is 0.599. The van der Waals surface area contributed by atoms with Gasteiger partial charge in [-0.1, -0.05) is 12.1 Å². The molecule has 1 aromatic heterocycles. The number of hydrogen-bond donors (Lipinski definition) is 0. The lowest BCUT2D eigenvalue weighted by molar-refractivity contribution is -0.00258. The molecule has 0 N–H and O–H groups in total. The average Bonchev–Trinajstić information content (AvgIpc) is 2.68. The van der Waals surface area contributed by atoms with Gasteiger partial charge >= 0.3 is 5.63 Å². The topological polar surface area (TPSA) is 76.8 Å². The van der Waals surface area contributed by atoms with Gasteiger partial charge in [-0.3, -0.25) is 0 Å². The highest BCUT2D eigenvalue weighted by Gasteiger charge is 2.31. The van der Waals surface area contributed by atoms with Crippen molar-refractivity contribution < 1.29 is 22.0 Å². The van der Waals surface area contributed by atoms with Crippen LogP contribution in [0.15, 0.2) is 68.7 Å². The lowest BCUT2D eigenvalue weighted by atomic mass is 10.1. The summed E-state index contributed by atoms with van der Waals surface area (Å²) in [5.74, 6) is -0.359. The second kappa shape index (κ2) is 6.88. The largest absolute Gasteiger partial charge is 0.423 e. The van der Waals surface area contributed by atoms with Crippen LogP contribution in [0.4, 0.5) is 4.39 Å². The molecule has 0 amide bonds. The summed E-state index contributed by atoms with van der Waals surface area (Å²) in [6, 6.07) is 13.0. The van der Waals surface area contributed by atoms with Crippen molar-refractivity contribution >= 4 is 21.0 Å². The minimum Gasteiger partial charge on any atom is -0.423 e. The van der Waals surface area contributed by atoms with E-state index in [0.29, 0.717) is 11.0 Å². The number of ether oxygens (including phenoxy) is 1. The highest BCUT2D eigenvalue weighted by molar-refractivity contribution is 7.89. The summed E-state index contributed by atoms with van der Waals surface area (Å²) in [5, 5.41) is 0.527. The van der Waals surface area contributed by atoms with Crippen molar-refractivity contribution in [3.8, 4) is 0 Å². The monoisotopic (exact) mass is 389 g/mol. The SMILES string of the molecule is O=c1ccc2cc(S(=O)(=O)N3CCOC(c4ccc(F)cc4)C3)ccc2o1. The molecule has 8 heteroatoms. The van der Waals surface area contributed by atoms with Crippen LogP contribution in [-0.2, 0) is 14.8 Å². The molecule has 1 aliphatic rings. The fourth-order valence-corrected chi connectivity index (χ4v) is 4.54. The number of nitrogens with zero attached hydrogens (tertiary/aromatic N) is 1. The van der Waals surface area contributed by atoms with Gasteiger partial charge in [0.05, 0.1) is 17.6 Å². The van der Waals surface area contributed by atoms with Crippen LogP contribution < -0.4 is 5.63 Å². The van der Waals surface area contributed by atoms with Crippen molar-refractivity contribution in [2.45, 2.75) is 11.0 Å². The summed E-state index contributed by atoms with van der Waals surface area (Å²) in [5.41, 5.74) is 0.553. The lowest BCUT2D eigenvalue weighted by Crippen LogP contribution is -2.42. The maximum absolute atomic E-state index is 13.1. The molecule has 4 rings (SSSR count). The molecule has 0 aliphatic carbocycles.